The molecule has 2 N–H and O–H groups in total. The third-order valence-corrected chi connectivity index (χ3v) is 2.59. The lowest BCUT2D eigenvalue weighted by Crippen LogP contribution is -2.27. The summed E-state index contributed by atoms with van der Waals surface area (Å²) in [5.41, 5.74) is 6.27. The summed E-state index contributed by atoms with van der Waals surface area (Å²) in [4.78, 5) is 2.17. The molecule has 0 bridgehead atoms. The zero-order valence-corrected chi connectivity index (χ0v) is 11.7. The van der Waals surface area contributed by atoms with E-state index in [-0.39, 0.29) is 0 Å². The number of nitrogens with two attached hydrogens (primary N) is 1. The maximum Gasteiger partial charge on any atom is 0.120 e. The molecule has 19 heavy (non-hydrogen) atoms. The molecule has 0 amide bonds. The van der Waals surface area contributed by atoms with Gasteiger partial charge in [-0.05, 0) is 25.2 Å². The summed E-state index contributed by atoms with van der Waals surface area (Å²) in [5, 5.41) is 0. The summed E-state index contributed by atoms with van der Waals surface area (Å²) in [6.45, 7) is 3.52. The highest BCUT2D eigenvalue weighted by Gasteiger charge is 1.99. The van der Waals surface area contributed by atoms with Gasteiger partial charge in [-0.1, -0.05) is 17.9 Å². The van der Waals surface area contributed by atoms with Gasteiger partial charge in [-0.2, -0.15) is 0 Å². The number of rotatable bonds is 7. The Morgan fingerprint density at radius 3 is 2.79 bits per heavy atom. The predicted molar refractivity (Wildman–Crippen MR) is 77.2 cm³/mol. The van der Waals surface area contributed by atoms with Crippen LogP contribution in [-0.2, 0) is 4.74 Å². The molecule has 0 radical (unpaired) electrons. The molecule has 0 aliphatic carbocycles. The van der Waals surface area contributed by atoms with Crippen molar-refractivity contribution >= 4 is 0 Å². The first-order valence-corrected chi connectivity index (χ1v) is 6.35. The molecule has 0 spiro atoms. The first kappa shape index (κ1) is 15.5. The first-order valence-electron chi connectivity index (χ1n) is 6.35. The molecule has 0 aliphatic heterocycles. The van der Waals surface area contributed by atoms with Gasteiger partial charge in [-0.25, -0.2) is 0 Å². The molecule has 0 aromatic heterocycles. The molecular formula is C15H22N2O2. The fourth-order valence-corrected chi connectivity index (χ4v) is 1.49. The van der Waals surface area contributed by atoms with Gasteiger partial charge in [0.1, 0.15) is 12.4 Å². The van der Waals surface area contributed by atoms with E-state index in [4.69, 9.17) is 15.2 Å². The van der Waals surface area contributed by atoms with E-state index in [1.807, 2.05) is 31.3 Å². The van der Waals surface area contributed by atoms with Crippen molar-refractivity contribution in [2.24, 2.45) is 5.73 Å². The van der Waals surface area contributed by atoms with Crippen LogP contribution in [0.25, 0.3) is 0 Å². The summed E-state index contributed by atoms with van der Waals surface area (Å²) in [5.74, 6) is 6.66. The van der Waals surface area contributed by atoms with Crippen molar-refractivity contribution in [3.05, 3.63) is 29.8 Å². The van der Waals surface area contributed by atoms with Crippen molar-refractivity contribution < 1.29 is 9.47 Å². The molecule has 0 saturated carbocycles. The number of methoxy groups -OCH3 is 1. The van der Waals surface area contributed by atoms with E-state index in [9.17, 15) is 0 Å². The van der Waals surface area contributed by atoms with E-state index in [1.165, 1.54) is 0 Å². The lowest BCUT2D eigenvalue weighted by molar-refractivity contribution is 0.150. The van der Waals surface area contributed by atoms with Crippen LogP contribution in [-0.4, -0.2) is 51.9 Å². The molecule has 4 heteroatoms. The molecular weight excluding hydrogens is 240 g/mol. The van der Waals surface area contributed by atoms with Gasteiger partial charge in [0.25, 0.3) is 0 Å². The summed E-state index contributed by atoms with van der Waals surface area (Å²) in [7, 11) is 3.75. The number of hydrogen-bond donors (Lipinski definition) is 1. The number of benzene rings is 1. The van der Waals surface area contributed by atoms with E-state index in [0.29, 0.717) is 13.2 Å². The summed E-state index contributed by atoms with van der Waals surface area (Å²) in [6.07, 6.45) is 0. The Hall–Kier alpha value is -1.54. The van der Waals surface area contributed by atoms with Crippen LogP contribution in [0.1, 0.15) is 5.56 Å². The normalized spacial score (nSPS) is 10.1. The van der Waals surface area contributed by atoms with Crippen LogP contribution < -0.4 is 10.5 Å². The fourth-order valence-electron chi connectivity index (χ4n) is 1.49. The molecule has 0 atom stereocenters. The van der Waals surface area contributed by atoms with Crippen LogP contribution in [0, 0.1) is 11.8 Å². The zero-order valence-electron chi connectivity index (χ0n) is 11.7. The molecule has 0 unspecified atom stereocenters. The second-order valence-corrected chi connectivity index (χ2v) is 4.18. The van der Waals surface area contributed by atoms with Crippen LogP contribution in [0.3, 0.4) is 0 Å². The minimum atomic E-state index is 0.370. The predicted octanol–water partition coefficient (Wildman–Crippen LogP) is 0.954. The average molecular weight is 262 g/mol. The second-order valence-electron chi connectivity index (χ2n) is 4.18. The highest BCUT2D eigenvalue weighted by atomic mass is 16.5. The van der Waals surface area contributed by atoms with Crippen molar-refractivity contribution in [3.63, 3.8) is 0 Å². The summed E-state index contributed by atoms with van der Waals surface area (Å²) < 4.78 is 10.7. The molecule has 1 aromatic carbocycles. The van der Waals surface area contributed by atoms with Gasteiger partial charge in [0.15, 0.2) is 0 Å². The van der Waals surface area contributed by atoms with Crippen LogP contribution in [0.2, 0.25) is 0 Å². The van der Waals surface area contributed by atoms with Crippen molar-refractivity contribution in [3.8, 4) is 17.6 Å². The van der Waals surface area contributed by atoms with Crippen molar-refractivity contribution in [1.29, 1.82) is 0 Å². The number of ether oxygens (including phenoxy) is 2. The van der Waals surface area contributed by atoms with E-state index in [1.54, 1.807) is 7.11 Å². The quantitative estimate of drug-likeness (QED) is 0.743. The number of nitrogens with zero attached hydrogens (tertiary/aromatic N) is 1. The van der Waals surface area contributed by atoms with Gasteiger partial charge in [0.2, 0.25) is 0 Å². The van der Waals surface area contributed by atoms with Gasteiger partial charge in [-0.15, -0.1) is 0 Å². The topological polar surface area (TPSA) is 47.7 Å². The Labute approximate surface area is 115 Å². The van der Waals surface area contributed by atoms with E-state index >= 15 is 0 Å². The Bertz CT molecular complexity index is 424. The second kappa shape index (κ2) is 9.40. The SMILES string of the molecule is COCCN(C)CCOc1cccc(C#CCN)c1. The molecule has 0 fully saturated rings. The van der Waals surface area contributed by atoms with Gasteiger partial charge >= 0.3 is 0 Å². The van der Waals surface area contributed by atoms with Crippen LogP contribution in [0.5, 0.6) is 5.75 Å². The van der Waals surface area contributed by atoms with Crippen LogP contribution in [0.4, 0.5) is 0 Å². The molecule has 0 aliphatic rings. The third kappa shape index (κ3) is 6.82. The Kier molecular flexibility index (Phi) is 7.68. The van der Waals surface area contributed by atoms with E-state index in [0.717, 1.165) is 31.0 Å². The lowest BCUT2D eigenvalue weighted by atomic mass is 10.2. The molecule has 1 aromatic rings. The molecule has 1 rings (SSSR count). The summed E-state index contributed by atoms with van der Waals surface area (Å²) >= 11 is 0. The van der Waals surface area contributed by atoms with Crippen LogP contribution >= 0.6 is 0 Å². The average Bonchev–Trinajstić information content (AvgIpc) is 2.43. The van der Waals surface area contributed by atoms with E-state index in [2.05, 4.69) is 16.7 Å². The maximum atomic E-state index is 5.70. The fraction of sp³-hybridized carbons (Fsp3) is 0.467. The standard InChI is InChI=1S/C15H22N2O2/c1-17(9-11-18-2)10-12-19-15-7-3-5-14(13-15)6-4-8-16/h3,5,7,13H,8-12,16H2,1-2H3. The Balaban J connectivity index is 2.36. The summed E-state index contributed by atoms with van der Waals surface area (Å²) in [6, 6.07) is 7.74. The molecule has 0 saturated heterocycles. The lowest BCUT2D eigenvalue weighted by Gasteiger charge is -2.16. The van der Waals surface area contributed by atoms with E-state index < -0.39 is 0 Å². The first-order chi connectivity index (χ1) is 9.26. The van der Waals surface area contributed by atoms with Crippen molar-refractivity contribution in [2.45, 2.75) is 0 Å². The smallest absolute Gasteiger partial charge is 0.120 e. The van der Waals surface area contributed by atoms with Gasteiger partial charge in [0.05, 0.1) is 13.2 Å². The highest BCUT2D eigenvalue weighted by molar-refractivity contribution is 5.39. The van der Waals surface area contributed by atoms with Crippen LogP contribution in [0.15, 0.2) is 24.3 Å². The largest absolute Gasteiger partial charge is 0.492 e. The van der Waals surface area contributed by atoms with Crippen molar-refractivity contribution in [2.75, 3.05) is 47.0 Å². The molecule has 4 nitrogen and oxygen atoms in total. The third-order valence-electron chi connectivity index (χ3n) is 2.59. The Morgan fingerprint density at radius 2 is 2.05 bits per heavy atom. The molecule has 0 heterocycles. The minimum Gasteiger partial charge on any atom is -0.492 e. The molecule has 104 valence electrons. The van der Waals surface area contributed by atoms with Gasteiger partial charge < -0.3 is 20.1 Å². The highest BCUT2D eigenvalue weighted by Crippen LogP contribution is 2.12. The van der Waals surface area contributed by atoms with Crippen molar-refractivity contribution in [1.82, 2.24) is 4.90 Å². The van der Waals surface area contributed by atoms with Gasteiger partial charge in [-0.3, -0.25) is 0 Å². The Morgan fingerprint density at radius 1 is 1.26 bits per heavy atom. The minimum absolute atomic E-state index is 0.370. The van der Waals surface area contributed by atoms with Gasteiger partial charge in [0, 0.05) is 25.8 Å². The number of likely N-dealkylation sites (N-methyl/N-ethyl adjacent to an activating group) is 1. The number of hydrogen-bond acceptors (Lipinski definition) is 4. The monoisotopic (exact) mass is 262 g/mol. The maximum absolute atomic E-state index is 5.70. The zero-order chi connectivity index (χ0) is 13.9.